The number of amides is 1. The van der Waals surface area contributed by atoms with Gasteiger partial charge in [-0.2, -0.15) is 0 Å². The van der Waals surface area contributed by atoms with Crippen molar-refractivity contribution < 1.29 is 4.79 Å². The lowest BCUT2D eigenvalue weighted by Crippen LogP contribution is -2.16. The fraction of sp³-hybridized carbons (Fsp3) is 0.889. The van der Waals surface area contributed by atoms with E-state index in [4.69, 9.17) is 0 Å². The van der Waals surface area contributed by atoms with Crippen LogP contribution in [-0.4, -0.2) is 18.7 Å². The Morgan fingerprint density at radius 1 is 1.38 bits per heavy atom. The first kappa shape index (κ1) is 15.6. The molecule has 0 aromatic carbocycles. The van der Waals surface area contributed by atoms with Crippen LogP contribution in [0.3, 0.4) is 0 Å². The van der Waals surface area contributed by atoms with Crippen LogP contribution in [0.25, 0.3) is 0 Å². The highest BCUT2D eigenvalue weighted by atomic mass is 33.1. The second kappa shape index (κ2) is 14.7. The van der Waals surface area contributed by atoms with Gasteiger partial charge in [-0.25, -0.2) is 0 Å². The third-order valence-corrected chi connectivity index (χ3v) is 2.47. The molecule has 0 saturated carbocycles. The number of carbonyl (C=O) groups is 1. The highest BCUT2D eigenvalue weighted by molar-refractivity contribution is 8.68. The number of hydrogen-bond donors (Lipinski definition) is 2. The summed E-state index contributed by atoms with van der Waals surface area (Å²) in [6.07, 6.45) is 3.99. The van der Waals surface area contributed by atoms with Gasteiger partial charge in [-0.3, -0.25) is 4.79 Å². The molecule has 0 aromatic heterocycles. The highest BCUT2D eigenvalue weighted by Gasteiger charge is 1.92. The SMILES string of the molecule is CCCCC(=O)NC.CCCSS. The van der Waals surface area contributed by atoms with E-state index in [2.05, 4.69) is 30.8 Å². The summed E-state index contributed by atoms with van der Waals surface area (Å²) in [6.45, 7) is 4.21. The van der Waals surface area contributed by atoms with Crippen LogP contribution < -0.4 is 5.32 Å². The minimum absolute atomic E-state index is 0.145. The predicted octanol–water partition coefficient (Wildman–Crippen LogP) is 2.90. The number of nitrogens with one attached hydrogen (secondary N) is 1. The number of unbranched alkanes of at least 4 members (excludes halogenated alkanes) is 1. The zero-order chi connectivity index (χ0) is 10.5. The van der Waals surface area contributed by atoms with Crippen LogP contribution in [0, 0.1) is 0 Å². The van der Waals surface area contributed by atoms with Gasteiger partial charge in [-0.05, 0) is 12.8 Å². The molecule has 0 saturated heterocycles. The van der Waals surface area contributed by atoms with Crippen molar-refractivity contribution in [1.82, 2.24) is 5.32 Å². The predicted molar refractivity (Wildman–Crippen MR) is 65.3 cm³/mol. The van der Waals surface area contributed by atoms with E-state index in [0.29, 0.717) is 6.42 Å². The molecule has 0 spiro atoms. The molecule has 0 atom stereocenters. The fourth-order valence-electron chi connectivity index (χ4n) is 0.554. The average Bonchev–Trinajstić information content (AvgIpc) is 2.16. The Hall–Kier alpha value is 0.170. The normalized spacial score (nSPS) is 8.62. The van der Waals surface area contributed by atoms with Crippen molar-refractivity contribution in [3.63, 3.8) is 0 Å². The lowest BCUT2D eigenvalue weighted by Gasteiger charge is -1.94. The summed E-state index contributed by atoms with van der Waals surface area (Å²) in [5.41, 5.74) is 0. The number of thiol groups is 1. The van der Waals surface area contributed by atoms with Crippen molar-refractivity contribution in [2.24, 2.45) is 0 Å². The van der Waals surface area contributed by atoms with Gasteiger partial charge in [-0.1, -0.05) is 31.1 Å². The molecule has 4 heteroatoms. The van der Waals surface area contributed by atoms with Gasteiger partial charge in [0.05, 0.1) is 0 Å². The Balaban J connectivity index is 0. The smallest absolute Gasteiger partial charge is 0.219 e. The average molecular weight is 223 g/mol. The lowest BCUT2D eigenvalue weighted by molar-refractivity contribution is -0.120. The molecule has 1 amide bonds. The lowest BCUT2D eigenvalue weighted by atomic mass is 10.2. The Morgan fingerprint density at radius 2 is 2.00 bits per heavy atom. The van der Waals surface area contributed by atoms with Crippen molar-refractivity contribution in [2.75, 3.05) is 12.8 Å². The maximum atomic E-state index is 10.5. The minimum atomic E-state index is 0.145. The van der Waals surface area contributed by atoms with E-state index in [1.165, 1.54) is 12.2 Å². The molecule has 0 bridgehead atoms. The van der Waals surface area contributed by atoms with Crippen molar-refractivity contribution in [3.05, 3.63) is 0 Å². The third-order valence-electron chi connectivity index (χ3n) is 1.33. The maximum Gasteiger partial charge on any atom is 0.219 e. The second-order valence-corrected chi connectivity index (χ2v) is 4.05. The standard InChI is InChI=1S/C6H13NO.C3H8S2/c1-3-4-5-6(8)7-2;1-2-3-5-4/h3-5H2,1-2H3,(H,7,8);4H,2-3H2,1H3. The topological polar surface area (TPSA) is 29.1 Å². The highest BCUT2D eigenvalue weighted by Crippen LogP contribution is 2.04. The van der Waals surface area contributed by atoms with Crippen LogP contribution in [0.2, 0.25) is 0 Å². The van der Waals surface area contributed by atoms with Gasteiger partial charge in [0.2, 0.25) is 5.91 Å². The number of rotatable bonds is 5. The quantitative estimate of drug-likeness (QED) is 0.554. The van der Waals surface area contributed by atoms with E-state index in [-0.39, 0.29) is 5.91 Å². The van der Waals surface area contributed by atoms with Crippen LogP contribution in [0.5, 0.6) is 0 Å². The summed E-state index contributed by atoms with van der Waals surface area (Å²) in [5.74, 6) is 1.31. The first-order valence-electron chi connectivity index (χ1n) is 4.69. The number of hydrogen-bond acceptors (Lipinski definition) is 3. The van der Waals surface area contributed by atoms with Crippen molar-refractivity contribution in [2.45, 2.75) is 39.5 Å². The summed E-state index contributed by atoms with van der Waals surface area (Å²) in [5, 5.41) is 2.56. The molecule has 13 heavy (non-hydrogen) atoms. The van der Waals surface area contributed by atoms with Crippen molar-refractivity contribution in [3.8, 4) is 0 Å². The third kappa shape index (κ3) is 18.9. The van der Waals surface area contributed by atoms with Crippen LogP contribution >= 0.6 is 22.5 Å². The molecule has 1 N–H and O–H groups in total. The van der Waals surface area contributed by atoms with Gasteiger partial charge >= 0.3 is 0 Å². The maximum absolute atomic E-state index is 10.5. The summed E-state index contributed by atoms with van der Waals surface area (Å²) in [7, 11) is 3.26. The Bertz CT molecular complexity index is 108. The fourth-order valence-corrected chi connectivity index (χ4v) is 1.28. The van der Waals surface area contributed by atoms with Crippen LogP contribution in [0.4, 0.5) is 0 Å². The van der Waals surface area contributed by atoms with Gasteiger partial charge in [0.25, 0.3) is 0 Å². The summed E-state index contributed by atoms with van der Waals surface area (Å²) in [6, 6.07) is 0. The van der Waals surface area contributed by atoms with Crippen LogP contribution in [0.15, 0.2) is 0 Å². The van der Waals surface area contributed by atoms with E-state index >= 15 is 0 Å². The van der Waals surface area contributed by atoms with Gasteiger partial charge in [0.1, 0.15) is 0 Å². The number of carbonyl (C=O) groups excluding carboxylic acids is 1. The van der Waals surface area contributed by atoms with Crippen molar-refractivity contribution >= 4 is 28.4 Å². The minimum Gasteiger partial charge on any atom is -0.359 e. The van der Waals surface area contributed by atoms with Gasteiger partial charge < -0.3 is 5.32 Å². The second-order valence-electron chi connectivity index (χ2n) is 2.61. The van der Waals surface area contributed by atoms with Crippen molar-refractivity contribution in [1.29, 1.82) is 0 Å². The molecular formula is C9H21NOS2. The van der Waals surface area contributed by atoms with E-state index < -0.39 is 0 Å². The van der Waals surface area contributed by atoms with Crippen LogP contribution in [-0.2, 0) is 4.79 Å². The van der Waals surface area contributed by atoms with E-state index in [9.17, 15) is 4.79 Å². The van der Waals surface area contributed by atoms with Gasteiger partial charge in [0, 0.05) is 19.2 Å². The Morgan fingerprint density at radius 3 is 2.23 bits per heavy atom. The first-order valence-corrected chi connectivity index (χ1v) is 6.73. The largest absolute Gasteiger partial charge is 0.359 e. The zero-order valence-corrected chi connectivity index (χ0v) is 10.5. The zero-order valence-electron chi connectivity index (χ0n) is 8.80. The summed E-state index contributed by atoms with van der Waals surface area (Å²) >= 11 is 3.92. The van der Waals surface area contributed by atoms with E-state index in [0.717, 1.165) is 12.8 Å². The van der Waals surface area contributed by atoms with Crippen LogP contribution in [0.1, 0.15) is 39.5 Å². The monoisotopic (exact) mass is 223 g/mol. The molecule has 0 heterocycles. The molecule has 0 aromatic rings. The molecule has 0 unspecified atom stereocenters. The molecule has 0 radical (unpaired) electrons. The molecule has 0 aliphatic rings. The summed E-state index contributed by atoms with van der Waals surface area (Å²) in [4.78, 5) is 10.5. The van der Waals surface area contributed by atoms with Gasteiger partial charge in [-0.15, -0.1) is 11.7 Å². The molecule has 0 fully saturated rings. The first-order chi connectivity index (χ1) is 6.22. The summed E-state index contributed by atoms with van der Waals surface area (Å²) < 4.78 is 0. The Labute approximate surface area is 91.1 Å². The van der Waals surface area contributed by atoms with E-state index in [1.807, 2.05) is 0 Å². The van der Waals surface area contributed by atoms with E-state index in [1.54, 1.807) is 17.8 Å². The molecule has 2 nitrogen and oxygen atoms in total. The Kier molecular flexibility index (Phi) is 17.7. The van der Waals surface area contributed by atoms with Gasteiger partial charge in [0.15, 0.2) is 0 Å². The molecule has 80 valence electrons. The molecular weight excluding hydrogens is 202 g/mol. The molecule has 0 aliphatic heterocycles. The molecule has 0 rings (SSSR count). The molecule has 0 aliphatic carbocycles.